The van der Waals surface area contributed by atoms with Gasteiger partial charge in [0.05, 0.1) is 13.0 Å². The number of methoxy groups -OCH3 is 1. The lowest BCUT2D eigenvalue weighted by molar-refractivity contribution is -0.145. The molecule has 3 saturated heterocycles. The molecule has 2 bridgehead atoms. The van der Waals surface area contributed by atoms with Gasteiger partial charge in [-0.1, -0.05) is 72.3 Å². The number of carbonyl (C=O) groups excluding carboxylic acids is 1. The maximum Gasteiger partial charge on any atom is 0.227 e. The number of rotatable bonds is 10. The summed E-state index contributed by atoms with van der Waals surface area (Å²) in [6.45, 7) is 8.08. The molecule has 3 heterocycles. The summed E-state index contributed by atoms with van der Waals surface area (Å²) in [5.41, 5.74) is 3.64. The Morgan fingerprint density at radius 3 is 2.26 bits per heavy atom. The Morgan fingerprint density at radius 1 is 1.03 bits per heavy atom. The van der Waals surface area contributed by atoms with Crippen molar-refractivity contribution in [1.29, 1.82) is 0 Å². The molecule has 5 nitrogen and oxygen atoms in total. The molecule has 5 atom stereocenters. The quantitative estimate of drug-likeness (QED) is 0.348. The summed E-state index contributed by atoms with van der Waals surface area (Å²) in [5.74, 6) is 1.52. The molecule has 3 fully saturated rings. The number of benzene rings is 3. The molecule has 0 aromatic heterocycles. The average molecular weight is 546 g/mol. The van der Waals surface area contributed by atoms with Gasteiger partial charge in [-0.3, -0.25) is 9.69 Å². The summed E-state index contributed by atoms with van der Waals surface area (Å²) in [5, 5.41) is 4.64. The molecule has 6 rings (SSSR count). The van der Waals surface area contributed by atoms with E-state index in [0.717, 1.165) is 43.9 Å². The number of fused-ring (bicyclic) bond motifs is 3. The zero-order valence-corrected chi connectivity index (χ0v) is 24.0. The summed E-state index contributed by atoms with van der Waals surface area (Å²) in [4.78, 5) is 18.4. The number of hydrogen-bond donors (Lipinski definition) is 1. The van der Waals surface area contributed by atoms with Crippen molar-refractivity contribution in [1.82, 2.24) is 15.1 Å². The van der Waals surface area contributed by atoms with Crippen LogP contribution in [0.3, 0.4) is 0 Å². The lowest BCUT2D eigenvalue weighted by atomic mass is 9.66. The number of ether oxygens (including phenoxy) is 1. The molecule has 0 radical (unpaired) electrons. The molecule has 1 N–H and O–H groups in total. The van der Waals surface area contributed by atoms with Gasteiger partial charge in [0.15, 0.2) is 0 Å². The molecule has 3 aromatic rings. The fourth-order valence-electron chi connectivity index (χ4n) is 6.92. The fourth-order valence-corrected chi connectivity index (χ4v) is 7.11. The smallest absolute Gasteiger partial charge is 0.227 e. The topological polar surface area (TPSA) is 44.8 Å². The minimum atomic E-state index is -0.0131. The molecule has 1 amide bonds. The van der Waals surface area contributed by atoms with Gasteiger partial charge >= 0.3 is 0 Å². The van der Waals surface area contributed by atoms with Crippen molar-refractivity contribution in [3.8, 4) is 5.75 Å². The van der Waals surface area contributed by atoms with Crippen LogP contribution in [0.15, 0.2) is 78.9 Å². The van der Waals surface area contributed by atoms with E-state index in [1.807, 2.05) is 23.1 Å². The van der Waals surface area contributed by atoms with Gasteiger partial charge in [0.1, 0.15) is 5.75 Å². The third-order valence-electron chi connectivity index (χ3n) is 8.77. The molecular weight excluding hydrogens is 506 g/mol. The third kappa shape index (κ3) is 5.72. The van der Waals surface area contributed by atoms with Crippen molar-refractivity contribution in [3.63, 3.8) is 0 Å². The second kappa shape index (κ2) is 12.5. The zero-order valence-electron chi connectivity index (χ0n) is 23.2. The van der Waals surface area contributed by atoms with Crippen molar-refractivity contribution in [2.24, 2.45) is 11.8 Å². The minimum absolute atomic E-state index is 0.0131. The number of carbonyl (C=O) groups is 1. The second-order valence-electron chi connectivity index (χ2n) is 10.7. The predicted octanol–water partition coefficient (Wildman–Crippen LogP) is 5.83. The Balaban J connectivity index is 1.55. The normalized spacial score (nSPS) is 24.1. The van der Waals surface area contributed by atoms with Crippen LogP contribution in [-0.2, 0) is 11.3 Å². The van der Waals surface area contributed by atoms with Crippen LogP contribution < -0.4 is 10.1 Å². The summed E-state index contributed by atoms with van der Waals surface area (Å²) in [6.07, 6.45) is 1.01. The Morgan fingerprint density at radius 2 is 1.67 bits per heavy atom. The van der Waals surface area contributed by atoms with E-state index in [2.05, 4.69) is 84.7 Å². The summed E-state index contributed by atoms with van der Waals surface area (Å²) >= 11 is 6.39. The molecule has 6 heteroatoms. The van der Waals surface area contributed by atoms with Gasteiger partial charge in [-0.25, -0.2) is 0 Å². The van der Waals surface area contributed by atoms with Crippen LogP contribution in [-0.4, -0.2) is 61.1 Å². The molecule has 1 unspecified atom stereocenters. The van der Waals surface area contributed by atoms with Gasteiger partial charge in [-0.05, 0) is 62.1 Å². The number of amides is 1. The van der Waals surface area contributed by atoms with E-state index < -0.39 is 0 Å². The number of nitrogens with zero attached hydrogens (tertiary/aromatic N) is 2. The fraction of sp³-hybridized carbons (Fsp3) is 0.424. The van der Waals surface area contributed by atoms with Crippen molar-refractivity contribution in [3.05, 3.63) is 101 Å². The van der Waals surface area contributed by atoms with Gasteiger partial charge in [-0.2, -0.15) is 0 Å². The molecule has 0 spiro atoms. The average Bonchev–Trinajstić information content (AvgIpc) is 2.98. The van der Waals surface area contributed by atoms with E-state index in [1.54, 1.807) is 7.11 Å². The van der Waals surface area contributed by atoms with Crippen LogP contribution in [0, 0.1) is 11.8 Å². The maximum atomic E-state index is 13.8. The first-order valence-electron chi connectivity index (χ1n) is 14.2. The minimum Gasteiger partial charge on any atom is -0.496 e. The maximum absolute atomic E-state index is 13.8. The van der Waals surface area contributed by atoms with E-state index in [0.29, 0.717) is 11.6 Å². The van der Waals surface area contributed by atoms with E-state index >= 15 is 0 Å². The van der Waals surface area contributed by atoms with Crippen molar-refractivity contribution >= 4 is 17.5 Å². The highest BCUT2D eigenvalue weighted by Crippen LogP contribution is 2.45. The van der Waals surface area contributed by atoms with Crippen molar-refractivity contribution in [2.75, 3.05) is 33.3 Å². The standard InChI is InChI=1S/C33H40ClN3O2/c1-4-36(5-2)33(38)28-22-37-19-18-27(28)31(35-21-25-20-26(34)16-17-29(25)39-3)32(37)30(23-12-8-6-9-13-23)24-14-10-7-11-15-24/h6-17,20,27-28,30-32,35H,4-5,18-19,21-22H2,1-3H3/t27-,28-,31-,32-/m0/s1. The lowest BCUT2D eigenvalue weighted by Gasteiger charge is -2.57. The first kappa shape index (κ1) is 27.7. The van der Waals surface area contributed by atoms with E-state index in [4.69, 9.17) is 16.3 Å². The molecule has 3 aromatic carbocycles. The van der Waals surface area contributed by atoms with Crippen LogP contribution in [0.2, 0.25) is 5.02 Å². The molecule has 0 saturated carbocycles. The molecule has 39 heavy (non-hydrogen) atoms. The Kier molecular flexibility index (Phi) is 8.91. The van der Waals surface area contributed by atoms with Crippen LogP contribution in [0.1, 0.15) is 42.9 Å². The van der Waals surface area contributed by atoms with Gasteiger partial charge in [-0.15, -0.1) is 0 Å². The zero-order chi connectivity index (χ0) is 27.4. The van der Waals surface area contributed by atoms with E-state index in [1.165, 1.54) is 11.1 Å². The van der Waals surface area contributed by atoms with Crippen LogP contribution >= 0.6 is 11.6 Å². The van der Waals surface area contributed by atoms with Gasteiger partial charge < -0.3 is 15.0 Å². The highest BCUT2D eigenvalue weighted by molar-refractivity contribution is 6.30. The first-order chi connectivity index (χ1) is 19.0. The predicted molar refractivity (Wildman–Crippen MR) is 158 cm³/mol. The second-order valence-corrected chi connectivity index (χ2v) is 11.2. The van der Waals surface area contributed by atoms with Gasteiger partial charge in [0, 0.05) is 54.8 Å². The number of halogens is 1. The van der Waals surface area contributed by atoms with Crippen LogP contribution in [0.4, 0.5) is 0 Å². The number of nitrogens with one attached hydrogen (secondary N) is 1. The molecule has 0 aliphatic carbocycles. The molecule has 3 aliphatic heterocycles. The third-order valence-corrected chi connectivity index (χ3v) is 9.01. The molecule has 3 aliphatic rings. The number of hydrogen-bond acceptors (Lipinski definition) is 4. The first-order valence-corrected chi connectivity index (χ1v) is 14.6. The van der Waals surface area contributed by atoms with E-state index in [-0.39, 0.29) is 35.7 Å². The van der Waals surface area contributed by atoms with Crippen LogP contribution in [0.5, 0.6) is 5.75 Å². The summed E-state index contributed by atoms with van der Waals surface area (Å²) < 4.78 is 5.67. The number of piperidine rings is 3. The summed E-state index contributed by atoms with van der Waals surface area (Å²) in [6, 6.07) is 27.8. The summed E-state index contributed by atoms with van der Waals surface area (Å²) in [7, 11) is 1.70. The lowest BCUT2D eigenvalue weighted by Crippen LogP contribution is -2.69. The largest absolute Gasteiger partial charge is 0.496 e. The van der Waals surface area contributed by atoms with Crippen molar-refractivity contribution < 1.29 is 9.53 Å². The van der Waals surface area contributed by atoms with Crippen LogP contribution in [0.25, 0.3) is 0 Å². The highest BCUT2D eigenvalue weighted by atomic mass is 35.5. The van der Waals surface area contributed by atoms with Crippen molar-refractivity contribution in [2.45, 2.75) is 44.8 Å². The van der Waals surface area contributed by atoms with Gasteiger partial charge in [0.2, 0.25) is 5.91 Å². The Labute approximate surface area is 238 Å². The monoisotopic (exact) mass is 545 g/mol. The SMILES string of the molecule is CCN(CC)C(=O)[C@H]1CN2CC[C@@H]1[C@H](NCc1cc(Cl)ccc1OC)[C@@H]2C(c1ccccc1)c1ccccc1. The Hall–Kier alpha value is -2.86. The Bertz CT molecular complexity index is 1190. The van der Waals surface area contributed by atoms with E-state index in [9.17, 15) is 4.79 Å². The molecular formula is C33H40ClN3O2. The highest BCUT2D eigenvalue weighted by Gasteiger charge is 2.52. The molecule has 206 valence electrons. The van der Waals surface area contributed by atoms with Gasteiger partial charge in [0.25, 0.3) is 0 Å².